The number of rotatable bonds is 6. The lowest BCUT2D eigenvalue weighted by molar-refractivity contribution is -0.192. The highest BCUT2D eigenvalue weighted by atomic mass is 19.4. The van der Waals surface area contributed by atoms with Gasteiger partial charge >= 0.3 is 12.1 Å². The molecule has 0 amide bonds. The SMILES string of the molecule is COc1cccc(CN2CCN(Cc3ccccc3C)CC2)c1OC.O=C(O)C(F)(F)F. The Labute approximate surface area is 186 Å². The van der Waals surface area contributed by atoms with Gasteiger partial charge in [0.15, 0.2) is 11.5 Å². The van der Waals surface area contributed by atoms with Crippen LogP contribution in [-0.2, 0) is 17.9 Å². The topological polar surface area (TPSA) is 62.2 Å². The number of hydrogen-bond donors (Lipinski definition) is 1. The number of carboxylic acid groups (broad SMARTS) is 1. The van der Waals surface area contributed by atoms with Crippen molar-refractivity contribution in [3.8, 4) is 11.5 Å². The highest BCUT2D eigenvalue weighted by Crippen LogP contribution is 2.31. The van der Waals surface area contributed by atoms with E-state index in [1.807, 2.05) is 12.1 Å². The first-order valence-electron chi connectivity index (χ1n) is 10.1. The van der Waals surface area contributed by atoms with Crippen LogP contribution in [0.3, 0.4) is 0 Å². The number of alkyl halides is 3. The standard InChI is InChI=1S/C21H28N2O2.C2HF3O2/c1-17-7-4-5-8-18(17)15-22-11-13-23(14-12-22)16-19-9-6-10-20(24-2)21(19)25-3;3-2(4,5)1(6)7/h4-10H,11-16H2,1-3H3;(H,6,7). The molecule has 9 heteroatoms. The van der Waals surface area contributed by atoms with Crippen LogP contribution in [0, 0.1) is 6.92 Å². The van der Waals surface area contributed by atoms with Crippen molar-refractivity contribution in [2.24, 2.45) is 0 Å². The van der Waals surface area contributed by atoms with Crippen molar-refractivity contribution in [2.75, 3.05) is 40.4 Å². The van der Waals surface area contributed by atoms with E-state index in [9.17, 15) is 13.2 Å². The maximum atomic E-state index is 10.6. The van der Waals surface area contributed by atoms with Gasteiger partial charge in [0.2, 0.25) is 0 Å². The Kier molecular flexibility index (Phi) is 9.34. The number of methoxy groups -OCH3 is 2. The van der Waals surface area contributed by atoms with Gasteiger partial charge < -0.3 is 14.6 Å². The molecule has 1 N–H and O–H groups in total. The molecule has 2 aromatic carbocycles. The molecule has 176 valence electrons. The highest BCUT2D eigenvalue weighted by molar-refractivity contribution is 5.73. The fourth-order valence-electron chi connectivity index (χ4n) is 3.45. The van der Waals surface area contributed by atoms with E-state index in [1.54, 1.807) is 14.2 Å². The van der Waals surface area contributed by atoms with E-state index in [2.05, 4.69) is 47.1 Å². The van der Waals surface area contributed by atoms with Gasteiger partial charge in [-0.1, -0.05) is 36.4 Å². The molecule has 0 saturated carbocycles. The molecule has 0 aliphatic carbocycles. The van der Waals surface area contributed by atoms with E-state index in [-0.39, 0.29) is 0 Å². The number of aryl methyl sites for hydroxylation is 1. The second kappa shape index (κ2) is 11.7. The van der Waals surface area contributed by atoms with Crippen molar-refractivity contribution >= 4 is 5.97 Å². The smallest absolute Gasteiger partial charge is 0.490 e. The number of nitrogens with zero attached hydrogens (tertiary/aromatic N) is 2. The molecule has 1 heterocycles. The molecule has 0 unspecified atom stereocenters. The summed E-state index contributed by atoms with van der Waals surface area (Å²) in [7, 11) is 3.40. The molecule has 1 aliphatic heterocycles. The Bertz CT molecular complexity index is 882. The first-order valence-corrected chi connectivity index (χ1v) is 10.1. The van der Waals surface area contributed by atoms with E-state index in [0.29, 0.717) is 0 Å². The number of aliphatic carboxylic acids is 1. The molecular weight excluding hydrogens is 425 g/mol. The van der Waals surface area contributed by atoms with Crippen LogP contribution in [0.25, 0.3) is 0 Å². The van der Waals surface area contributed by atoms with E-state index in [1.165, 1.54) is 16.7 Å². The molecule has 0 atom stereocenters. The summed E-state index contributed by atoms with van der Waals surface area (Å²) in [5.74, 6) is -1.10. The molecular formula is C23H29F3N2O4. The average Bonchev–Trinajstić information content (AvgIpc) is 2.76. The maximum Gasteiger partial charge on any atom is 0.490 e. The highest BCUT2D eigenvalue weighted by Gasteiger charge is 2.38. The molecule has 0 bridgehead atoms. The lowest BCUT2D eigenvalue weighted by Gasteiger charge is -2.35. The van der Waals surface area contributed by atoms with Crippen molar-refractivity contribution in [1.29, 1.82) is 0 Å². The van der Waals surface area contributed by atoms with Crippen molar-refractivity contribution in [2.45, 2.75) is 26.2 Å². The molecule has 1 saturated heterocycles. The Hall–Kier alpha value is -2.78. The number of para-hydroxylation sites is 1. The number of benzene rings is 2. The van der Waals surface area contributed by atoms with Crippen LogP contribution in [0.1, 0.15) is 16.7 Å². The average molecular weight is 454 g/mol. The van der Waals surface area contributed by atoms with Gasteiger partial charge in [-0.3, -0.25) is 9.80 Å². The van der Waals surface area contributed by atoms with Crippen LogP contribution in [0.4, 0.5) is 13.2 Å². The van der Waals surface area contributed by atoms with Crippen LogP contribution in [0.2, 0.25) is 0 Å². The minimum absolute atomic E-state index is 0.804. The normalized spacial score (nSPS) is 14.9. The van der Waals surface area contributed by atoms with Gasteiger partial charge in [0.1, 0.15) is 0 Å². The lowest BCUT2D eigenvalue weighted by atomic mass is 10.1. The van der Waals surface area contributed by atoms with Crippen LogP contribution < -0.4 is 9.47 Å². The van der Waals surface area contributed by atoms with Gasteiger partial charge in [0, 0.05) is 44.8 Å². The molecule has 0 spiro atoms. The van der Waals surface area contributed by atoms with Crippen LogP contribution in [-0.4, -0.2) is 67.5 Å². The third-order valence-corrected chi connectivity index (χ3v) is 5.24. The summed E-state index contributed by atoms with van der Waals surface area (Å²) in [6, 6.07) is 14.8. The number of carboxylic acids is 1. The Morgan fingerprint density at radius 1 is 0.906 bits per heavy atom. The summed E-state index contributed by atoms with van der Waals surface area (Å²) in [5.41, 5.74) is 4.01. The number of piperazine rings is 1. The van der Waals surface area contributed by atoms with Crippen LogP contribution in [0.5, 0.6) is 11.5 Å². The maximum absolute atomic E-state index is 10.6. The number of carbonyl (C=O) groups is 1. The fraction of sp³-hybridized carbons (Fsp3) is 0.435. The predicted molar refractivity (Wildman–Crippen MR) is 115 cm³/mol. The van der Waals surface area contributed by atoms with Gasteiger partial charge in [-0.2, -0.15) is 13.2 Å². The van der Waals surface area contributed by atoms with Gasteiger partial charge in [-0.25, -0.2) is 4.79 Å². The summed E-state index contributed by atoms with van der Waals surface area (Å²) in [6.07, 6.45) is -5.08. The predicted octanol–water partition coefficient (Wildman–Crippen LogP) is 3.96. The fourth-order valence-corrected chi connectivity index (χ4v) is 3.45. The molecule has 0 radical (unpaired) electrons. The number of hydrogen-bond acceptors (Lipinski definition) is 5. The quantitative estimate of drug-likeness (QED) is 0.713. The molecule has 2 aromatic rings. The third kappa shape index (κ3) is 7.42. The van der Waals surface area contributed by atoms with Gasteiger partial charge in [-0.05, 0) is 24.1 Å². The molecule has 0 aromatic heterocycles. The van der Waals surface area contributed by atoms with Gasteiger partial charge in [0.25, 0.3) is 0 Å². The Balaban J connectivity index is 0.000000451. The largest absolute Gasteiger partial charge is 0.493 e. The van der Waals surface area contributed by atoms with E-state index in [0.717, 1.165) is 50.8 Å². The number of ether oxygens (including phenoxy) is 2. The van der Waals surface area contributed by atoms with Crippen molar-refractivity contribution in [3.63, 3.8) is 0 Å². The minimum Gasteiger partial charge on any atom is -0.493 e. The third-order valence-electron chi connectivity index (χ3n) is 5.24. The second-order valence-corrected chi connectivity index (χ2v) is 7.43. The molecule has 32 heavy (non-hydrogen) atoms. The van der Waals surface area contributed by atoms with Gasteiger partial charge in [0.05, 0.1) is 14.2 Å². The zero-order valence-electron chi connectivity index (χ0n) is 18.5. The van der Waals surface area contributed by atoms with Crippen molar-refractivity contribution in [3.05, 3.63) is 59.2 Å². The summed E-state index contributed by atoms with van der Waals surface area (Å²) in [6.45, 7) is 8.49. The lowest BCUT2D eigenvalue weighted by Crippen LogP contribution is -2.45. The molecule has 1 aliphatic rings. The van der Waals surface area contributed by atoms with E-state index in [4.69, 9.17) is 19.4 Å². The van der Waals surface area contributed by atoms with Crippen LogP contribution in [0.15, 0.2) is 42.5 Å². The van der Waals surface area contributed by atoms with Crippen molar-refractivity contribution in [1.82, 2.24) is 9.80 Å². The first kappa shape index (κ1) is 25.5. The number of halogens is 3. The summed E-state index contributed by atoms with van der Waals surface area (Å²) >= 11 is 0. The Morgan fingerprint density at radius 3 is 1.88 bits per heavy atom. The van der Waals surface area contributed by atoms with E-state index < -0.39 is 12.1 Å². The molecule has 1 fully saturated rings. The second-order valence-electron chi connectivity index (χ2n) is 7.43. The molecule has 6 nitrogen and oxygen atoms in total. The first-order chi connectivity index (χ1) is 15.2. The van der Waals surface area contributed by atoms with Crippen LogP contribution >= 0.6 is 0 Å². The summed E-state index contributed by atoms with van der Waals surface area (Å²) < 4.78 is 42.7. The van der Waals surface area contributed by atoms with Crippen molar-refractivity contribution < 1.29 is 32.5 Å². The molecule has 3 rings (SSSR count). The summed E-state index contributed by atoms with van der Waals surface area (Å²) in [4.78, 5) is 13.9. The zero-order chi connectivity index (χ0) is 23.7. The minimum atomic E-state index is -5.08. The zero-order valence-corrected chi connectivity index (χ0v) is 18.5. The monoisotopic (exact) mass is 454 g/mol. The van der Waals surface area contributed by atoms with E-state index >= 15 is 0 Å². The van der Waals surface area contributed by atoms with Gasteiger partial charge in [-0.15, -0.1) is 0 Å². The summed E-state index contributed by atoms with van der Waals surface area (Å²) in [5, 5.41) is 7.12. The Morgan fingerprint density at radius 2 is 1.41 bits per heavy atom.